The molecule has 1 heterocycles. The number of ether oxygens (including phenoxy) is 1. The van der Waals surface area contributed by atoms with Crippen LogP contribution in [0.3, 0.4) is 0 Å². The summed E-state index contributed by atoms with van der Waals surface area (Å²) in [4.78, 5) is 4.96. The molecule has 0 spiro atoms. The number of aliphatic hydroxyl groups is 1. The van der Waals surface area contributed by atoms with Crippen molar-refractivity contribution in [3.63, 3.8) is 0 Å². The van der Waals surface area contributed by atoms with Crippen LogP contribution in [0.2, 0.25) is 4.47 Å². The second-order valence-electron chi connectivity index (χ2n) is 3.13. The summed E-state index contributed by atoms with van der Waals surface area (Å²) in [6.45, 7) is -0.0499. The fourth-order valence-corrected chi connectivity index (χ4v) is 2.43. The molecule has 84 valence electrons. The Morgan fingerprint density at radius 2 is 2.06 bits per heavy atom. The second kappa shape index (κ2) is 4.82. The Hall–Kier alpha value is -1.10. The van der Waals surface area contributed by atoms with E-state index in [1.54, 1.807) is 7.11 Å². The standard InChI is InChI=1S/C11H10ClNO2S/c1-15-8-4-2-7(3-5-8)10-9(6-14)16-11(12)13-10/h2-5,14H,6H2,1H3. The number of benzene rings is 1. The zero-order valence-corrected chi connectivity index (χ0v) is 10.2. The minimum Gasteiger partial charge on any atom is -0.497 e. The smallest absolute Gasteiger partial charge is 0.184 e. The molecular formula is C11H10ClNO2S. The molecule has 0 aliphatic rings. The second-order valence-corrected chi connectivity index (χ2v) is 4.79. The molecule has 1 aromatic carbocycles. The van der Waals surface area contributed by atoms with Crippen LogP contribution in [0.25, 0.3) is 11.3 Å². The molecule has 0 aliphatic carbocycles. The molecule has 16 heavy (non-hydrogen) atoms. The van der Waals surface area contributed by atoms with Crippen molar-refractivity contribution in [2.45, 2.75) is 6.61 Å². The molecule has 0 bridgehead atoms. The topological polar surface area (TPSA) is 42.4 Å². The molecule has 2 aromatic rings. The van der Waals surface area contributed by atoms with Crippen LogP contribution in [0.4, 0.5) is 0 Å². The molecule has 0 saturated heterocycles. The first-order chi connectivity index (χ1) is 7.74. The normalized spacial score (nSPS) is 10.4. The van der Waals surface area contributed by atoms with E-state index in [0.29, 0.717) is 4.47 Å². The summed E-state index contributed by atoms with van der Waals surface area (Å²) in [6.07, 6.45) is 0. The minimum atomic E-state index is -0.0499. The van der Waals surface area contributed by atoms with E-state index in [1.807, 2.05) is 24.3 Å². The molecule has 2 rings (SSSR count). The van der Waals surface area contributed by atoms with Gasteiger partial charge in [-0.05, 0) is 24.3 Å². The first kappa shape index (κ1) is 11.4. The van der Waals surface area contributed by atoms with E-state index >= 15 is 0 Å². The Labute approximate surface area is 102 Å². The van der Waals surface area contributed by atoms with Gasteiger partial charge in [0.1, 0.15) is 5.75 Å². The van der Waals surface area contributed by atoms with Gasteiger partial charge in [-0.1, -0.05) is 11.6 Å². The van der Waals surface area contributed by atoms with Crippen LogP contribution in [0, 0.1) is 0 Å². The zero-order chi connectivity index (χ0) is 11.5. The number of aromatic nitrogens is 1. The van der Waals surface area contributed by atoms with Gasteiger partial charge in [0.05, 0.1) is 24.3 Å². The quantitative estimate of drug-likeness (QED) is 0.917. The van der Waals surface area contributed by atoms with Crippen LogP contribution >= 0.6 is 22.9 Å². The third-order valence-corrected chi connectivity index (χ3v) is 3.32. The van der Waals surface area contributed by atoms with Gasteiger partial charge < -0.3 is 9.84 Å². The van der Waals surface area contributed by atoms with Gasteiger partial charge in [-0.25, -0.2) is 4.98 Å². The number of hydrogen-bond donors (Lipinski definition) is 1. The molecule has 0 radical (unpaired) electrons. The zero-order valence-electron chi connectivity index (χ0n) is 8.61. The van der Waals surface area contributed by atoms with Gasteiger partial charge in [0.2, 0.25) is 0 Å². The van der Waals surface area contributed by atoms with Crippen molar-refractivity contribution in [3.05, 3.63) is 33.6 Å². The molecule has 0 aliphatic heterocycles. The highest BCUT2D eigenvalue weighted by atomic mass is 35.5. The van der Waals surface area contributed by atoms with E-state index in [4.69, 9.17) is 16.3 Å². The summed E-state index contributed by atoms with van der Waals surface area (Å²) in [5, 5.41) is 9.18. The fraction of sp³-hybridized carbons (Fsp3) is 0.182. The highest BCUT2D eigenvalue weighted by molar-refractivity contribution is 7.16. The summed E-state index contributed by atoms with van der Waals surface area (Å²) >= 11 is 7.12. The largest absolute Gasteiger partial charge is 0.497 e. The van der Waals surface area contributed by atoms with E-state index in [-0.39, 0.29) is 6.61 Å². The Morgan fingerprint density at radius 3 is 2.62 bits per heavy atom. The maximum absolute atomic E-state index is 9.18. The maximum Gasteiger partial charge on any atom is 0.184 e. The van der Waals surface area contributed by atoms with Gasteiger partial charge in [0.15, 0.2) is 4.47 Å². The number of aliphatic hydroxyl groups excluding tert-OH is 1. The van der Waals surface area contributed by atoms with Gasteiger partial charge in [-0.3, -0.25) is 0 Å². The Bertz CT molecular complexity index is 481. The predicted molar refractivity (Wildman–Crippen MR) is 65.0 cm³/mol. The van der Waals surface area contributed by atoms with E-state index in [1.165, 1.54) is 11.3 Å². The van der Waals surface area contributed by atoms with Crippen molar-refractivity contribution in [3.8, 4) is 17.0 Å². The molecule has 0 saturated carbocycles. The Kier molecular flexibility index (Phi) is 3.43. The average molecular weight is 256 g/mol. The molecule has 3 nitrogen and oxygen atoms in total. The van der Waals surface area contributed by atoms with Crippen LogP contribution in [-0.2, 0) is 6.61 Å². The minimum absolute atomic E-state index is 0.0499. The lowest BCUT2D eigenvalue weighted by Crippen LogP contribution is -1.86. The number of methoxy groups -OCH3 is 1. The maximum atomic E-state index is 9.18. The lowest BCUT2D eigenvalue weighted by molar-refractivity contribution is 0.286. The first-order valence-electron chi connectivity index (χ1n) is 4.65. The SMILES string of the molecule is COc1ccc(-c2nc(Cl)sc2CO)cc1. The van der Waals surface area contributed by atoms with Crippen molar-refractivity contribution < 1.29 is 9.84 Å². The lowest BCUT2D eigenvalue weighted by atomic mass is 10.1. The van der Waals surface area contributed by atoms with Gasteiger partial charge in [-0.2, -0.15) is 0 Å². The molecule has 0 amide bonds. The molecule has 5 heteroatoms. The van der Waals surface area contributed by atoms with E-state index < -0.39 is 0 Å². The van der Waals surface area contributed by atoms with Gasteiger partial charge in [-0.15, -0.1) is 11.3 Å². The Balaban J connectivity index is 2.41. The molecule has 0 fully saturated rings. The summed E-state index contributed by atoms with van der Waals surface area (Å²) in [5.74, 6) is 0.788. The van der Waals surface area contributed by atoms with Crippen molar-refractivity contribution in [1.29, 1.82) is 0 Å². The van der Waals surface area contributed by atoms with Crippen molar-refractivity contribution in [2.75, 3.05) is 7.11 Å². The predicted octanol–water partition coefficient (Wildman–Crippen LogP) is 2.96. The number of rotatable bonds is 3. The summed E-state index contributed by atoms with van der Waals surface area (Å²) in [5.41, 5.74) is 1.66. The van der Waals surface area contributed by atoms with E-state index in [9.17, 15) is 5.11 Å². The molecule has 1 aromatic heterocycles. The molecule has 0 unspecified atom stereocenters. The lowest BCUT2D eigenvalue weighted by Gasteiger charge is -2.02. The van der Waals surface area contributed by atoms with Crippen molar-refractivity contribution in [2.24, 2.45) is 0 Å². The summed E-state index contributed by atoms with van der Waals surface area (Å²) in [6, 6.07) is 7.49. The molecule has 1 N–H and O–H groups in total. The number of thiazole rings is 1. The fourth-order valence-electron chi connectivity index (χ4n) is 1.40. The van der Waals surface area contributed by atoms with Crippen LogP contribution < -0.4 is 4.74 Å². The monoisotopic (exact) mass is 255 g/mol. The number of halogens is 1. The first-order valence-corrected chi connectivity index (χ1v) is 5.84. The third-order valence-electron chi connectivity index (χ3n) is 2.18. The number of hydrogen-bond acceptors (Lipinski definition) is 4. The van der Waals surface area contributed by atoms with Crippen LogP contribution in [-0.4, -0.2) is 17.2 Å². The summed E-state index contributed by atoms with van der Waals surface area (Å²) < 4.78 is 5.51. The van der Waals surface area contributed by atoms with Gasteiger partial charge >= 0.3 is 0 Å². The van der Waals surface area contributed by atoms with Crippen LogP contribution in [0.1, 0.15) is 4.88 Å². The van der Waals surface area contributed by atoms with Crippen LogP contribution in [0.15, 0.2) is 24.3 Å². The molecule has 0 atom stereocenters. The average Bonchev–Trinajstić information content (AvgIpc) is 2.70. The van der Waals surface area contributed by atoms with Gasteiger partial charge in [0, 0.05) is 5.56 Å². The van der Waals surface area contributed by atoms with Crippen molar-refractivity contribution in [1.82, 2.24) is 4.98 Å². The summed E-state index contributed by atoms with van der Waals surface area (Å²) in [7, 11) is 1.62. The van der Waals surface area contributed by atoms with E-state index in [0.717, 1.165) is 21.9 Å². The van der Waals surface area contributed by atoms with Gasteiger partial charge in [0.25, 0.3) is 0 Å². The van der Waals surface area contributed by atoms with E-state index in [2.05, 4.69) is 4.98 Å². The third kappa shape index (κ3) is 2.19. The Morgan fingerprint density at radius 1 is 1.38 bits per heavy atom. The molecular weight excluding hydrogens is 246 g/mol. The van der Waals surface area contributed by atoms with Crippen LogP contribution in [0.5, 0.6) is 5.75 Å². The number of nitrogens with zero attached hydrogens (tertiary/aromatic N) is 1. The highest BCUT2D eigenvalue weighted by Gasteiger charge is 2.11. The van der Waals surface area contributed by atoms with Crippen molar-refractivity contribution >= 4 is 22.9 Å². The highest BCUT2D eigenvalue weighted by Crippen LogP contribution is 2.31.